The monoisotopic (exact) mass is 258 g/mol. The summed E-state index contributed by atoms with van der Waals surface area (Å²) in [6.07, 6.45) is 1.20. The minimum absolute atomic E-state index is 0. The molecule has 0 unspecified atom stereocenters. The molecule has 0 aliphatic heterocycles. The Balaban J connectivity index is -0.000000333. The SMILES string of the molecule is O.O=P([O-])([O-])Oc1ccco1.[K+].[K+]. The Bertz CT molecular complexity index is 243. The van der Waals surface area contributed by atoms with Gasteiger partial charge in [-0.25, -0.2) is 0 Å². The first-order chi connectivity index (χ1) is 4.58. The molecule has 2 N–H and O–H groups in total. The summed E-state index contributed by atoms with van der Waals surface area (Å²) in [5, 5.41) is 0. The minimum Gasteiger partial charge on any atom is -0.780 e. The van der Waals surface area contributed by atoms with Gasteiger partial charge in [0.1, 0.15) is 7.82 Å². The molecule has 9 heteroatoms. The summed E-state index contributed by atoms with van der Waals surface area (Å²) < 4.78 is 18.1. The molecule has 13 heavy (non-hydrogen) atoms. The average molecular weight is 258 g/mol. The fraction of sp³-hybridized carbons (Fsp3) is 0. The predicted molar refractivity (Wildman–Crippen MR) is 30.6 cm³/mol. The first-order valence-corrected chi connectivity index (χ1v) is 3.79. The fourth-order valence-electron chi connectivity index (χ4n) is 0.426. The van der Waals surface area contributed by atoms with Crippen molar-refractivity contribution >= 4 is 7.82 Å². The zero-order chi connectivity index (χ0) is 7.61. The zero-order valence-electron chi connectivity index (χ0n) is 7.22. The van der Waals surface area contributed by atoms with Gasteiger partial charge in [-0.1, -0.05) is 0 Å². The first-order valence-electron chi connectivity index (χ1n) is 2.33. The Kier molecular flexibility index (Phi) is 15.5. The molecule has 0 saturated carbocycles. The summed E-state index contributed by atoms with van der Waals surface area (Å²) in [5.41, 5.74) is 0. The van der Waals surface area contributed by atoms with Gasteiger partial charge in [0.05, 0.1) is 6.26 Å². The van der Waals surface area contributed by atoms with Crippen molar-refractivity contribution in [1.82, 2.24) is 0 Å². The van der Waals surface area contributed by atoms with E-state index in [1.807, 2.05) is 0 Å². The normalized spacial score (nSPS) is 8.77. The van der Waals surface area contributed by atoms with E-state index in [-0.39, 0.29) is 114 Å². The number of phosphoric ester groups is 1. The first kappa shape index (κ1) is 20.8. The van der Waals surface area contributed by atoms with Gasteiger partial charge in [0.25, 0.3) is 5.95 Å². The van der Waals surface area contributed by atoms with E-state index >= 15 is 0 Å². The second-order valence-electron chi connectivity index (χ2n) is 1.47. The topological polar surface area (TPSA) is 117 Å². The second kappa shape index (κ2) is 9.67. The van der Waals surface area contributed by atoms with E-state index < -0.39 is 7.82 Å². The maximum absolute atomic E-state index is 9.89. The van der Waals surface area contributed by atoms with Gasteiger partial charge in [-0.15, -0.1) is 0 Å². The van der Waals surface area contributed by atoms with Gasteiger partial charge in [-0.2, -0.15) is 0 Å². The summed E-state index contributed by atoms with van der Waals surface area (Å²) in [6.45, 7) is 0. The van der Waals surface area contributed by atoms with Crippen LogP contribution in [0.3, 0.4) is 0 Å². The molecule has 1 aromatic heterocycles. The third-order valence-corrected chi connectivity index (χ3v) is 1.10. The molecule has 1 rings (SSSR count). The third kappa shape index (κ3) is 10.7. The van der Waals surface area contributed by atoms with E-state index in [0.717, 1.165) is 0 Å². The van der Waals surface area contributed by atoms with Crippen LogP contribution in [0.15, 0.2) is 22.8 Å². The van der Waals surface area contributed by atoms with Crippen molar-refractivity contribution in [2.24, 2.45) is 0 Å². The van der Waals surface area contributed by atoms with Crippen LogP contribution in [0.1, 0.15) is 0 Å². The van der Waals surface area contributed by atoms with Crippen molar-refractivity contribution in [3.8, 4) is 5.95 Å². The van der Waals surface area contributed by atoms with Crippen LogP contribution in [-0.2, 0) is 4.57 Å². The molecule has 0 spiro atoms. The standard InChI is InChI=1S/C4H5O5P.2K.H2O/c5-10(6,7)9-4-2-1-3-8-4;;;/h1-3H,(H2,5,6,7);;;1H2/q;2*+1;/p-2. The van der Waals surface area contributed by atoms with Crippen LogP contribution < -0.4 is 117 Å². The molecule has 0 radical (unpaired) electrons. The van der Waals surface area contributed by atoms with Crippen LogP contribution >= 0.6 is 7.82 Å². The fourth-order valence-corrected chi connectivity index (χ4v) is 0.750. The van der Waals surface area contributed by atoms with Crippen LogP contribution in [0, 0.1) is 0 Å². The Labute approximate surface area is 160 Å². The molecule has 0 fully saturated rings. The molecule has 0 atom stereocenters. The van der Waals surface area contributed by atoms with Gasteiger partial charge in [0.15, 0.2) is 0 Å². The minimum atomic E-state index is -4.95. The third-order valence-electron chi connectivity index (χ3n) is 0.697. The Morgan fingerprint density at radius 1 is 1.38 bits per heavy atom. The summed E-state index contributed by atoms with van der Waals surface area (Å²) in [6, 6.07) is 2.63. The summed E-state index contributed by atoms with van der Waals surface area (Å²) in [4.78, 5) is 19.8. The number of hydrogen-bond donors (Lipinski definition) is 0. The van der Waals surface area contributed by atoms with Crippen LogP contribution in [0.4, 0.5) is 0 Å². The Morgan fingerprint density at radius 3 is 2.23 bits per heavy atom. The molecule has 64 valence electrons. The van der Waals surface area contributed by atoms with E-state index in [1.165, 1.54) is 18.4 Å². The molecule has 0 saturated heterocycles. The van der Waals surface area contributed by atoms with Gasteiger partial charge >= 0.3 is 103 Å². The van der Waals surface area contributed by atoms with Gasteiger partial charge in [0.2, 0.25) is 0 Å². The van der Waals surface area contributed by atoms with Crippen LogP contribution in [0.2, 0.25) is 0 Å². The van der Waals surface area contributed by atoms with Crippen molar-refractivity contribution in [2.45, 2.75) is 0 Å². The van der Waals surface area contributed by atoms with Gasteiger partial charge in [-0.05, 0) is 6.07 Å². The van der Waals surface area contributed by atoms with Crippen molar-refractivity contribution < 1.29 is 132 Å². The molecule has 0 aliphatic rings. The summed E-state index contributed by atoms with van der Waals surface area (Å²) in [7, 11) is -4.95. The number of phosphoric acid groups is 1. The molecule has 0 aromatic carbocycles. The van der Waals surface area contributed by atoms with Crippen molar-refractivity contribution in [3.63, 3.8) is 0 Å². The maximum atomic E-state index is 9.89. The van der Waals surface area contributed by atoms with E-state index in [2.05, 4.69) is 8.94 Å². The van der Waals surface area contributed by atoms with Gasteiger partial charge in [-0.3, -0.25) is 0 Å². The van der Waals surface area contributed by atoms with E-state index in [4.69, 9.17) is 0 Å². The molecular weight excluding hydrogens is 253 g/mol. The summed E-state index contributed by atoms with van der Waals surface area (Å²) in [5.74, 6) is -0.312. The smallest absolute Gasteiger partial charge is 0.780 e. The predicted octanol–water partition coefficient (Wildman–Crippen LogP) is -7.33. The summed E-state index contributed by atoms with van der Waals surface area (Å²) >= 11 is 0. The average Bonchev–Trinajstić information content (AvgIpc) is 2.12. The largest absolute Gasteiger partial charge is 1.00 e. The quantitative estimate of drug-likeness (QED) is 0.386. The second-order valence-corrected chi connectivity index (χ2v) is 2.55. The van der Waals surface area contributed by atoms with Crippen LogP contribution in [0.5, 0.6) is 5.95 Å². The Hall–Kier alpha value is 2.46. The van der Waals surface area contributed by atoms with Crippen molar-refractivity contribution in [1.29, 1.82) is 0 Å². The maximum Gasteiger partial charge on any atom is 1.00 e. The van der Waals surface area contributed by atoms with Crippen molar-refractivity contribution in [3.05, 3.63) is 18.4 Å². The van der Waals surface area contributed by atoms with E-state index in [0.29, 0.717) is 0 Å². The zero-order valence-corrected chi connectivity index (χ0v) is 14.4. The van der Waals surface area contributed by atoms with Crippen LogP contribution in [0.25, 0.3) is 0 Å². The molecule has 1 heterocycles. The van der Waals surface area contributed by atoms with E-state index in [1.54, 1.807) is 0 Å². The molecule has 0 bridgehead atoms. The molecule has 6 nitrogen and oxygen atoms in total. The molecule has 0 amide bonds. The number of rotatable bonds is 2. The van der Waals surface area contributed by atoms with Crippen LogP contribution in [-0.4, -0.2) is 5.48 Å². The molecular formula is C4H5K2O6P. The van der Waals surface area contributed by atoms with Gasteiger partial charge < -0.3 is 28.8 Å². The van der Waals surface area contributed by atoms with Crippen molar-refractivity contribution in [2.75, 3.05) is 0 Å². The number of furan rings is 1. The molecule has 0 aliphatic carbocycles. The van der Waals surface area contributed by atoms with E-state index in [9.17, 15) is 14.4 Å². The van der Waals surface area contributed by atoms with Gasteiger partial charge in [0, 0.05) is 6.07 Å². The number of hydrogen-bond acceptors (Lipinski definition) is 5. The molecule has 1 aromatic rings. The Morgan fingerprint density at radius 2 is 1.92 bits per heavy atom.